The Hall–Kier alpha value is -2.98. The molecule has 140 valence electrons. The van der Waals surface area contributed by atoms with E-state index in [1.165, 1.54) is 12.1 Å². The van der Waals surface area contributed by atoms with Crippen molar-refractivity contribution in [3.8, 4) is 0 Å². The highest BCUT2D eigenvalue weighted by Gasteiger charge is 2.37. The summed E-state index contributed by atoms with van der Waals surface area (Å²) in [6.07, 6.45) is -3.28. The first kappa shape index (κ1) is 18.8. The van der Waals surface area contributed by atoms with E-state index < -0.39 is 32.6 Å². The van der Waals surface area contributed by atoms with E-state index in [1.807, 2.05) is 5.43 Å². The summed E-state index contributed by atoms with van der Waals surface area (Å²) in [7, 11) is -4.63. The normalized spacial score (nSPS) is 12.1. The molecule has 0 unspecified atom stereocenters. The van der Waals surface area contributed by atoms with Crippen LogP contribution in [0.25, 0.3) is 10.9 Å². The van der Waals surface area contributed by atoms with Crippen molar-refractivity contribution in [1.82, 2.24) is 15.2 Å². The van der Waals surface area contributed by atoms with E-state index in [4.69, 9.17) is 0 Å². The van der Waals surface area contributed by atoms with Crippen LogP contribution in [0.5, 0.6) is 0 Å². The summed E-state index contributed by atoms with van der Waals surface area (Å²) in [6, 6.07) is 11.5. The summed E-state index contributed by atoms with van der Waals surface area (Å²) in [5.41, 5.74) is 1.33. The molecule has 0 aliphatic carbocycles. The fourth-order valence-electron chi connectivity index (χ4n) is 2.39. The van der Waals surface area contributed by atoms with Crippen molar-refractivity contribution in [1.29, 1.82) is 0 Å². The third kappa shape index (κ3) is 4.07. The van der Waals surface area contributed by atoms with Crippen LogP contribution in [0, 0.1) is 0 Å². The number of aromatic nitrogens is 1. The van der Waals surface area contributed by atoms with E-state index >= 15 is 0 Å². The fraction of sp³-hybridized carbons (Fsp3) is 0.0588. The van der Waals surface area contributed by atoms with Gasteiger partial charge in [-0.3, -0.25) is 15.2 Å². The zero-order valence-electron chi connectivity index (χ0n) is 13.5. The van der Waals surface area contributed by atoms with Crippen LogP contribution in [-0.2, 0) is 16.2 Å². The highest BCUT2D eigenvalue weighted by molar-refractivity contribution is 7.89. The number of amides is 1. The lowest BCUT2D eigenvalue weighted by molar-refractivity contribution is -0.139. The minimum absolute atomic E-state index is 0.113. The standard InChI is InChI=1S/C17H12F3N3O3S/c18-17(19,20)13-5-1-2-6-15(13)27(25,26)23-22-16(24)12-7-8-14-11(10-12)4-3-9-21-14/h1-10,23H,(H,22,24). The molecular formula is C17H12F3N3O3S. The van der Waals surface area contributed by atoms with Crippen LogP contribution in [0.3, 0.4) is 0 Å². The van der Waals surface area contributed by atoms with Crippen LogP contribution in [0.4, 0.5) is 13.2 Å². The minimum Gasteiger partial charge on any atom is -0.273 e. The number of nitrogens with zero attached hydrogens (tertiary/aromatic N) is 1. The lowest BCUT2D eigenvalue weighted by atomic mass is 10.1. The van der Waals surface area contributed by atoms with Gasteiger partial charge in [0.05, 0.1) is 16.0 Å². The molecule has 1 heterocycles. The second kappa shape index (κ2) is 6.97. The van der Waals surface area contributed by atoms with Gasteiger partial charge in [0, 0.05) is 17.1 Å². The van der Waals surface area contributed by atoms with Gasteiger partial charge in [0.1, 0.15) is 0 Å². The molecule has 0 bridgehead atoms. The summed E-state index contributed by atoms with van der Waals surface area (Å²) in [4.78, 5) is 17.0. The molecular weight excluding hydrogens is 383 g/mol. The van der Waals surface area contributed by atoms with Gasteiger partial charge in [-0.15, -0.1) is 4.83 Å². The molecule has 27 heavy (non-hydrogen) atoms. The Bertz CT molecular complexity index is 1110. The Balaban J connectivity index is 1.82. The van der Waals surface area contributed by atoms with Crippen molar-refractivity contribution < 1.29 is 26.4 Å². The van der Waals surface area contributed by atoms with Crippen molar-refractivity contribution in [2.24, 2.45) is 0 Å². The zero-order valence-corrected chi connectivity index (χ0v) is 14.3. The zero-order chi connectivity index (χ0) is 19.7. The van der Waals surface area contributed by atoms with E-state index in [-0.39, 0.29) is 5.56 Å². The van der Waals surface area contributed by atoms with E-state index in [0.29, 0.717) is 17.0 Å². The first-order valence-electron chi connectivity index (χ1n) is 7.52. The molecule has 3 aromatic rings. The first-order valence-corrected chi connectivity index (χ1v) is 9.00. The molecule has 0 saturated carbocycles. The molecule has 3 rings (SSSR count). The maximum Gasteiger partial charge on any atom is 0.417 e. The monoisotopic (exact) mass is 395 g/mol. The number of hydrogen-bond acceptors (Lipinski definition) is 4. The molecule has 0 atom stereocenters. The number of nitrogens with one attached hydrogen (secondary N) is 2. The molecule has 0 saturated heterocycles. The molecule has 0 aliphatic heterocycles. The van der Waals surface area contributed by atoms with Gasteiger partial charge in [-0.25, -0.2) is 8.42 Å². The van der Waals surface area contributed by atoms with Crippen LogP contribution in [-0.4, -0.2) is 19.3 Å². The number of hydrazine groups is 1. The van der Waals surface area contributed by atoms with Crippen LogP contribution in [0.15, 0.2) is 65.7 Å². The minimum atomic E-state index is -4.86. The van der Waals surface area contributed by atoms with Gasteiger partial charge >= 0.3 is 6.18 Å². The number of carbonyl (C=O) groups is 1. The second-order valence-corrected chi connectivity index (χ2v) is 7.12. The van der Waals surface area contributed by atoms with Gasteiger partial charge < -0.3 is 0 Å². The average Bonchev–Trinajstić information content (AvgIpc) is 2.65. The molecule has 1 aromatic heterocycles. The predicted octanol–water partition coefficient (Wildman–Crippen LogP) is 2.88. The number of hydrogen-bond donors (Lipinski definition) is 2. The summed E-state index contributed by atoms with van der Waals surface area (Å²) in [5, 5.41) is 0.649. The van der Waals surface area contributed by atoms with Crippen LogP contribution in [0.1, 0.15) is 15.9 Å². The van der Waals surface area contributed by atoms with E-state index in [2.05, 4.69) is 4.98 Å². The maximum atomic E-state index is 13.0. The molecule has 0 radical (unpaired) electrons. The Kier molecular flexibility index (Phi) is 4.85. The van der Waals surface area contributed by atoms with Crippen molar-refractivity contribution in [2.75, 3.05) is 0 Å². The lowest BCUT2D eigenvalue weighted by Gasteiger charge is -2.14. The van der Waals surface area contributed by atoms with Crippen molar-refractivity contribution in [2.45, 2.75) is 11.1 Å². The summed E-state index contributed by atoms with van der Waals surface area (Å²) >= 11 is 0. The number of benzene rings is 2. The Morgan fingerprint density at radius 3 is 2.48 bits per heavy atom. The average molecular weight is 395 g/mol. The molecule has 0 aliphatic rings. The SMILES string of the molecule is O=C(NNS(=O)(=O)c1ccccc1C(F)(F)F)c1ccc2ncccc2c1. The Morgan fingerprint density at radius 2 is 1.74 bits per heavy atom. The van der Waals surface area contributed by atoms with Gasteiger partial charge in [-0.1, -0.05) is 18.2 Å². The van der Waals surface area contributed by atoms with Crippen LogP contribution < -0.4 is 10.3 Å². The van der Waals surface area contributed by atoms with Crippen molar-refractivity contribution in [3.05, 3.63) is 71.9 Å². The summed E-state index contributed by atoms with van der Waals surface area (Å²) in [5.74, 6) is -0.825. The smallest absolute Gasteiger partial charge is 0.273 e. The van der Waals surface area contributed by atoms with E-state index in [0.717, 1.165) is 18.2 Å². The van der Waals surface area contributed by atoms with Gasteiger partial charge in [0.25, 0.3) is 15.9 Å². The van der Waals surface area contributed by atoms with Crippen molar-refractivity contribution >= 4 is 26.8 Å². The Morgan fingerprint density at radius 1 is 1.00 bits per heavy atom. The molecule has 10 heteroatoms. The number of sulfonamides is 1. The molecule has 0 fully saturated rings. The number of halogens is 3. The van der Waals surface area contributed by atoms with Crippen LogP contribution >= 0.6 is 0 Å². The van der Waals surface area contributed by atoms with Crippen molar-refractivity contribution in [3.63, 3.8) is 0 Å². The number of pyridine rings is 1. The highest BCUT2D eigenvalue weighted by atomic mass is 32.2. The third-order valence-electron chi connectivity index (χ3n) is 3.65. The van der Waals surface area contributed by atoms with E-state index in [1.54, 1.807) is 29.2 Å². The predicted molar refractivity (Wildman–Crippen MR) is 91.0 cm³/mol. The van der Waals surface area contributed by atoms with Gasteiger partial charge in [-0.2, -0.15) is 13.2 Å². The number of rotatable bonds is 4. The number of carbonyl (C=O) groups excluding carboxylic acids is 1. The van der Waals surface area contributed by atoms with Gasteiger partial charge in [0.2, 0.25) is 0 Å². The van der Waals surface area contributed by atoms with Crippen LogP contribution in [0.2, 0.25) is 0 Å². The summed E-state index contributed by atoms with van der Waals surface area (Å²) < 4.78 is 63.4. The summed E-state index contributed by atoms with van der Waals surface area (Å²) in [6.45, 7) is 0. The lowest BCUT2D eigenvalue weighted by Crippen LogP contribution is -2.42. The Labute approximate surface area is 152 Å². The quantitative estimate of drug-likeness (QED) is 0.665. The van der Waals surface area contributed by atoms with E-state index in [9.17, 15) is 26.4 Å². The van der Waals surface area contributed by atoms with Gasteiger partial charge in [-0.05, 0) is 36.4 Å². The molecule has 6 nitrogen and oxygen atoms in total. The highest BCUT2D eigenvalue weighted by Crippen LogP contribution is 2.33. The third-order valence-corrected chi connectivity index (χ3v) is 4.95. The number of fused-ring (bicyclic) bond motifs is 1. The molecule has 1 amide bonds. The topological polar surface area (TPSA) is 88.2 Å². The largest absolute Gasteiger partial charge is 0.417 e. The number of alkyl halides is 3. The molecule has 2 aromatic carbocycles. The fourth-order valence-corrected chi connectivity index (χ4v) is 3.46. The molecule has 2 N–H and O–H groups in total. The molecule has 0 spiro atoms. The second-order valence-electron chi connectivity index (χ2n) is 5.46. The van der Waals surface area contributed by atoms with Gasteiger partial charge in [0.15, 0.2) is 0 Å². The maximum absolute atomic E-state index is 13.0. The first-order chi connectivity index (χ1) is 12.7.